The molecule has 0 bridgehead atoms. The number of nitrogens with zero attached hydrogens (tertiary/aromatic N) is 18. The number of halogens is 12. The zero-order valence-electron chi connectivity index (χ0n) is 71.7. The standard InChI is InChI=1S/8C8H10N2O.2C2H3N.4CHF3O3S.8Cu.4H2O/c8*1-7(11)10-6-8-4-2-3-5-9-8;2*1-2-3;4*2-1(3,4)8(5,6)7;;;;;;;;;;;;/h8*2-5H,6H2,1H3,(H,10,11);2*1H3;4*(H,5,6,7);;;;;;;;;4*1H2/q;;;;;;;;;;;;;;8*+2;;;;/p-16. The summed E-state index contributed by atoms with van der Waals surface area (Å²) in [4.78, 5) is 61.6. The second-order valence-electron chi connectivity index (χ2n) is 21.3. The molecule has 8 aromatic heterocycles. The average Bonchev–Trinajstić information content (AvgIpc) is 0.880. The van der Waals surface area contributed by atoms with Crippen LogP contribution in [0.1, 0.15) is 115 Å². The molecule has 0 saturated heterocycles. The van der Waals surface area contributed by atoms with E-state index in [1.165, 1.54) is 69.2 Å². The fourth-order valence-corrected chi connectivity index (χ4v) is 5.47. The molecule has 0 atom stereocenters. The van der Waals surface area contributed by atoms with Gasteiger partial charge in [-0.2, -0.15) is 63.2 Å². The minimum absolute atomic E-state index is 0. The van der Waals surface area contributed by atoms with Gasteiger partial charge in [0.25, 0.3) is 0 Å². The quantitative estimate of drug-likeness (QED) is 0.0334. The van der Waals surface area contributed by atoms with Gasteiger partial charge in [0.2, 0.25) is 0 Å². The molecule has 0 amide bonds. The van der Waals surface area contributed by atoms with Crippen molar-refractivity contribution < 1.29 is 304 Å². The van der Waals surface area contributed by atoms with Gasteiger partial charge in [-0.1, -0.05) is 48.5 Å². The van der Waals surface area contributed by atoms with Crippen LogP contribution < -0.4 is 40.9 Å². The molecule has 0 fully saturated rings. The van der Waals surface area contributed by atoms with E-state index in [-0.39, 0.29) is 206 Å². The van der Waals surface area contributed by atoms with Crippen LogP contribution in [0.25, 0.3) is 0 Å². The van der Waals surface area contributed by atoms with Gasteiger partial charge in [-0.25, -0.2) is 33.7 Å². The maximum atomic E-state index is 10.7. The fraction of sp³-hybridized carbons (Fsp3) is 0.306. The third-order valence-electron chi connectivity index (χ3n) is 10.7. The summed E-state index contributed by atoms with van der Waals surface area (Å²) in [6, 6.07) is 47.8. The number of aromatic nitrogens is 8. The van der Waals surface area contributed by atoms with Gasteiger partial charge in [0.15, 0.2) is 40.5 Å². The predicted molar refractivity (Wildman–Crippen MR) is 422 cm³/mol. The van der Waals surface area contributed by atoms with E-state index in [4.69, 9.17) is 62.4 Å². The Hall–Kier alpha value is -9.26. The zero-order chi connectivity index (χ0) is 98.2. The summed E-state index contributed by atoms with van der Waals surface area (Å²) in [7, 11) is -24.4. The number of alkyl halides is 12. The van der Waals surface area contributed by atoms with E-state index in [9.17, 15) is 93.5 Å². The van der Waals surface area contributed by atoms with Crippen LogP contribution in [0.4, 0.5) is 52.7 Å². The molecule has 66 heteroatoms. The first-order valence-electron chi connectivity index (χ1n) is 33.5. The summed E-state index contributed by atoms with van der Waals surface area (Å²) < 4.78 is 236. The summed E-state index contributed by atoms with van der Waals surface area (Å²) in [6.45, 7) is 17.4. The molecular formula is C72H82Cu8F12N18O24S4. The Morgan fingerprint density at radius 2 is 0.319 bits per heavy atom. The topological polar surface area (TPSA) is 783 Å². The van der Waals surface area contributed by atoms with Crippen molar-refractivity contribution in [3.63, 3.8) is 0 Å². The molecular weight excluding hydrogens is 2370 g/mol. The average molecular weight is 2450 g/mol. The molecule has 4 N–H and O–H groups in total. The van der Waals surface area contributed by atoms with Crippen LogP contribution in [-0.2, 0) is 229 Å². The van der Waals surface area contributed by atoms with Crippen molar-refractivity contribution in [1.82, 2.24) is 39.9 Å². The molecule has 0 saturated carbocycles. The minimum Gasteiger partial charge on any atom is -0.870 e. The molecule has 800 valence electrons. The number of nitriles is 2. The Bertz CT molecular complexity index is 4250. The Kier molecular flexibility index (Phi) is 122. The van der Waals surface area contributed by atoms with Gasteiger partial charge in [-0.15, -0.1) is 0 Å². The molecule has 8 heterocycles. The van der Waals surface area contributed by atoms with E-state index in [1.54, 1.807) is 61.7 Å². The van der Waals surface area contributed by atoms with Crippen LogP contribution in [-0.4, -0.2) is 183 Å². The Balaban J connectivity index is -0.0000000703. The zero-order valence-corrected chi connectivity index (χ0v) is 82.5. The Labute approximate surface area is 871 Å². The largest absolute Gasteiger partial charge is 2.00 e. The van der Waals surface area contributed by atoms with Crippen molar-refractivity contribution in [3.05, 3.63) is 241 Å². The summed E-state index contributed by atoms with van der Waals surface area (Å²) in [5, 5.41) is 98.0. The summed E-state index contributed by atoms with van der Waals surface area (Å²) in [5.41, 5.74) is -16.0. The monoisotopic (exact) mass is 2440 g/mol. The van der Waals surface area contributed by atoms with Crippen molar-refractivity contribution in [1.29, 1.82) is 10.5 Å². The summed E-state index contributed by atoms with van der Waals surface area (Å²) >= 11 is 0. The third kappa shape index (κ3) is 117. The van der Waals surface area contributed by atoms with E-state index in [0.29, 0.717) is 52.4 Å². The smallest absolute Gasteiger partial charge is 0.870 e. The van der Waals surface area contributed by atoms with Gasteiger partial charge < -0.3 is 81.0 Å². The molecule has 8 aromatic rings. The molecule has 0 aliphatic carbocycles. The SMILES string of the molecule is CC#N.CC#N.CC([O-])=NCc1ccccn1.CC([O-])=NCc1ccccn1.CC([O-])=NCc1ccccn1.CC([O-])=NCc1ccccn1.CC([O-])=NCc1ccccn1.CC([O-])=NCc1ccccn1.CC([O-])=NCc1ccccn1.CC([O-])=NCc1ccccn1.O=S(=O)([O-])C(F)(F)F.O=S(=O)([O-])C(F)(F)F.O=S(=O)([O-])C(F)(F)F.O=S(=O)([O-])C(F)(F)F.[Cu+2].[Cu+2].[Cu+2].[Cu+2].[Cu+2].[Cu+2].[Cu+2].[Cu+2].[OH-].[OH-].[OH-].[OH-]. The van der Waals surface area contributed by atoms with Crippen LogP contribution in [0.5, 0.6) is 0 Å². The first kappa shape index (κ1) is 171. The maximum Gasteiger partial charge on any atom is 2.00 e. The van der Waals surface area contributed by atoms with Crippen molar-refractivity contribution in [2.75, 3.05) is 0 Å². The molecule has 0 aromatic carbocycles. The fourth-order valence-electron chi connectivity index (χ4n) is 5.47. The van der Waals surface area contributed by atoms with Crippen LogP contribution in [0, 0.1) is 22.7 Å². The van der Waals surface area contributed by atoms with Gasteiger partial charge in [0.1, 0.15) is 0 Å². The molecule has 8 rings (SSSR count). The van der Waals surface area contributed by atoms with Crippen LogP contribution >= 0.6 is 0 Å². The van der Waals surface area contributed by atoms with E-state index < -0.39 is 62.5 Å². The second kappa shape index (κ2) is 97.9. The first-order chi connectivity index (χ1) is 58.1. The molecule has 42 nitrogen and oxygen atoms in total. The van der Waals surface area contributed by atoms with Gasteiger partial charge in [-0.05, 0) is 200 Å². The molecule has 138 heavy (non-hydrogen) atoms. The van der Waals surface area contributed by atoms with Crippen molar-refractivity contribution in [3.8, 4) is 12.1 Å². The van der Waals surface area contributed by atoms with Crippen molar-refractivity contribution in [2.45, 2.75) is 144 Å². The van der Waals surface area contributed by atoms with Crippen LogP contribution in [0.2, 0.25) is 0 Å². The number of aliphatic imine (C=N–C) groups is 8. The number of pyridine rings is 8. The second-order valence-corrected chi connectivity index (χ2v) is 26.8. The molecule has 0 spiro atoms. The van der Waals surface area contributed by atoms with Gasteiger partial charge in [0.05, 0.1) is 110 Å². The predicted octanol–water partition coefficient (Wildman–Crippen LogP) is 3.42. The number of hydrogen-bond donors (Lipinski definition) is 0. The Morgan fingerprint density at radius 3 is 0.362 bits per heavy atom. The van der Waals surface area contributed by atoms with E-state index in [1.807, 2.05) is 146 Å². The van der Waals surface area contributed by atoms with E-state index in [0.717, 1.165) is 45.6 Å². The summed E-state index contributed by atoms with van der Waals surface area (Å²) in [5.74, 6) is -1.25. The molecule has 0 aliphatic heterocycles. The van der Waals surface area contributed by atoms with E-state index >= 15 is 0 Å². The number of rotatable bonds is 16. The normalized spacial score (nSPS) is 10.7. The maximum absolute atomic E-state index is 10.7. The van der Waals surface area contributed by atoms with Gasteiger partial charge >= 0.3 is 159 Å². The van der Waals surface area contributed by atoms with Gasteiger partial charge in [-0.3, -0.25) is 79.8 Å². The summed E-state index contributed by atoms with van der Waals surface area (Å²) in [6.07, 6.45) is 13.5. The molecule has 8 radical (unpaired) electrons. The molecule has 0 unspecified atom stereocenters. The van der Waals surface area contributed by atoms with Crippen LogP contribution in [0.15, 0.2) is 235 Å². The minimum atomic E-state index is -6.09. The first-order valence-corrected chi connectivity index (χ1v) is 39.1. The van der Waals surface area contributed by atoms with Gasteiger partial charge in [0, 0.05) is 63.4 Å². The molecule has 0 aliphatic rings. The number of hydrogen-bond acceptors (Lipinski definition) is 42. The van der Waals surface area contributed by atoms with E-state index in [2.05, 4.69) is 79.8 Å². The van der Waals surface area contributed by atoms with Crippen molar-refractivity contribution in [2.24, 2.45) is 39.9 Å². The van der Waals surface area contributed by atoms with Crippen molar-refractivity contribution >= 4 is 87.7 Å². The Morgan fingerprint density at radius 1 is 0.246 bits per heavy atom. The van der Waals surface area contributed by atoms with Crippen LogP contribution in [0.3, 0.4) is 0 Å². The third-order valence-corrected chi connectivity index (χ3v) is 12.9.